The highest BCUT2D eigenvalue weighted by atomic mass is 32.2. The van der Waals surface area contributed by atoms with Crippen molar-refractivity contribution in [2.24, 2.45) is 0 Å². The third-order valence-electron chi connectivity index (χ3n) is 14.4. The van der Waals surface area contributed by atoms with Gasteiger partial charge in [-0.05, 0) is 101 Å². The molecule has 2 aliphatic heterocycles. The van der Waals surface area contributed by atoms with Crippen molar-refractivity contribution in [2.75, 3.05) is 94.6 Å². The summed E-state index contributed by atoms with van der Waals surface area (Å²) in [6.45, 7) is 9.50. The zero-order valence-corrected chi connectivity index (χ0v) is 47.4. The highest BCUT2D eigenvalue weighted by molar-refractivity contribution is 7.90. The molecule has 5 N–H and O–H groups in total. The Morgan fingerprint density at radius 1 is 0.447 bits per heavy atom. The molecule has 0 atom stereocenters. The minimum Gasteiger partial charge on any atom is -0.354 e. The van der Waals surface area contributed by atoms with E-state index in [1.54, 1.807) is 48.5 Å². The Kier molecular flexibility index (Phi) is 15.8. The van der Waals surface area contributed by atoms with Gasteiger partial charge < -0.3 is 23.8 Å². The number of H-pyrrole nitrogens is 2. The Bertz CT molecular complexity index is 3870. The van der Waals surface area contributed by atoms with Crippen LogP contribution in [0.3, 0.4) is 0 Å². The lowest BCUT2D eigenvalue weighted by Gasteiger charge is -2.29. The number of hydrogen-bond acceptors (Lipinski definition) is 9. The molecule has 5 heterocycles. The van der Waals surface area contributed by atoms with E-state index >= 15 is 0 Å². The van der Waals surface area contributed by atoms with Gasteiger partial charge in [0.25, 0.3) is 0 Å². The van der Waals surface area contributed by atoms with Gasteiger partial charge in [0.1, 0.15) is 0 Å². The van der Waals surface area contributed by atoms with E-state index in [4.69, 9.17) is 9.97 Å². The molecule has 0 spiro atoms. The SMILES string of the molecule is CCC[N+](C)(C)CCCNS(=O)(=O)c1ccc2c(c1)-c1cc3nc(cc4[nH]c(cc5[nH]c(cc-2n1)c1cc(S(=O)(=O)NCCCN(C)C)ccc51)c1ccccc41)-c1cc(S(=O)(=O)NCCC[N+](C)(C)CCC)ccc1-3. The summed E-state index contributed by atoms with van der Waals surface area (Å²) in [5.41, 5.74) is 7.31. The first kappa shape index (κ1) is 54.9. The number of aromatic nitrogens is 4. The molecule has 0 saturated heterocycles. The molecule has 0 amide bonds. The third-order valence-corrected chi connectivity index (χ3v) is 18.8. The molecule has 4 aromatic carbocycles. The number of rotatable bonds is 22. The quantitative estimate of drug-likeness (QED) is 0.0325. The molecule has 0 fully saturated rings. The van der Waals surface area contributed by atoms with Crippen molar-refractivity contribution < 1.29 is 34.2 Å². The molecule has 0 radical (unpaired) electrons. The summed E-state index contributed by atoms with van der Waals surface area (Å²) < 4.78 is 93.9. The molecule has 16 nitrogen and oxygen atoms in total. The largest absolute Gasteiger partial charge is 0.354 e. The van der Waals surface area contributed by atoms with E-state index in [9.17, 15) is 25.3 Å². The third kappa shape index (κ3) is 12.0. The number of nitrogens with one attached hydrogen (secondary N) is 5. The fourth-order valence-corrected chi connectivity index (χ4v) is 13.9. The number of nitrogens with zero attached hydrogens (tertiary/aromatic N) is 5. The summed E-state index contributed by atoms with van der Waals surface area (Å²) in [6.07, 6.45) is 4.05. The number of sulfonamides is 3. The summed E-state index contributed by atoms with van der Waals surface area (Å²) in [5, 5.41) is 3.25. The van der Waals surface area contributed by atoms with Gasteiger partial charge in [-0.25, -0.2) is 49.4 Å². The van der Waals surface area contributed by atoms with Crippen molar-refractivity contribution in [1.82, 2.24) is 39.0 Å². The van der Waals surface area contributed by atoms with Crippen LogP contribution >= 0.6 is 0 Å². The minimum atomic E-state index is -3.96. The van der Waals surface area contributed by atoms with E-state index in [-0.39, 0.29) is 27.8 Å². The maximum absolute atomic E-state index is 14.1. The van der Waals surface area contributed by atoms with Crippen LogP contribution in [0, 0.1) is 0 Å². The molecule has 0 unspecified atom stereocenters. The first-order valence-corrected chi connectivity index (χ1v) is 30.7. The van der Waals surface area contributed by atoms with Gasteiger partial charge in [-0.1, -0.05) is 56.3 Å². The van der Waals surface area contributed by atoms with Gasteiger partial charge in [0.2, 0.25) is 30.1 Å². The summed E-state index contributed by atoms with van der Waals surface area (Å²) >= 11 is 0. The second-order valence-corrected chi connectivity index (χ2v) is 27.0. The number of hydrogen-bond donors (Lipinski definition) is 5. The molecule has 8 bridgehead atoms. The van der Waals surface area contributed by atoms with Gasteiger partial charge in [0, 0.05) is 98.3 Å². The van der Waals surface area contributed by atoms with E-state index in [0.717, 1.165) is 81.7 Å². The lowest BCUT2D eigenvalue weighted by Crippen LogP contribution is -2.42. The molecule has 76 heavy (non-hydrogen) atoms. The number of fused-ring (bicyclic) bond motifs is 20. The van der Waals surface area contributed by atoms with E-state index in [1.807, 2.05) is 73.6 Å². The minimum absolute atomic E-state index is 0.0793. The monoisotopic (exact) mass is 1090 g/mol. The molecule has 3 aromatic heterocycles. The molecule has 402 valence electrons. The van der Waals surface area contributed by atoms with Crippen molar-refractivity contribution in [3.05, 3.63) is 103 Å². The van der Waals surface area contributed by atoms with E-state index in [2.05, 4.69) is 66.2 Å². The van der Waals surface area contributed by atoms with Gasteiger partial charge >= 0.3 is 0 Å². The van der Waals surface area contributed by atoms with Crippen molar-refractivity contribution in [2.45, 2.75) is 60.6 Å². The molecular weight excluding hydrogens is 1020 g/mol. The van der Waals surface area contributed by atoms with Crippen LogP contribution in [0.2, 0.25) is 0 Å². The van der Waals surface area contributed by atoms with Crippen molar-refractivity contribution in [1.29, 1.82) is 0 Å². The Labute approximate surface area is 447 Å². The zero-order chi connectivity index (χ0) is 54.2. The Morgan fingerprint density at radius 3 is 1.33 bits per heavy atom. The maximum atomic E-state index is 14.1. The molecule has 0 saturated carbocycles. The van der Waals surface area contributed by atoms with E-state index in [0.29, 0.717) is 87.3 Å². The van der Waals surface area contributed by atoms with Gasteiger partial charge in [-0.3, -0.25) is 0 Å². The van der Waals surface area contributed by atoms with Gasteiger partial charge in [-0.15, -0.1) is 0 Å². The second-order valence-electron chi connectivity index (χ2n) is 21.7. The molecule has 19 heteroatoms. The smallest absolute Gasteiger partial charge is 0.240 e. The lowest BCUT2D eigenvalue weighted by atomic mass is 10.0. The molecular formula is C57H72N10O6S3+2. The van der Waals surface area contributed by atoms with Gasteiger partial charge in [0.15, 0.2) is 0 Å². The van der Waals surface area contributed by atoms with Crippen LogP contribution in [0.25, 0.3) is 88.6 Å². The molecule has 7 aromatic rings. The van der Waals surface area contributed by atoms with Crippen LogP contribution in [-0.4, -0.2) is 154 Å². The molecule has 2 aliphatic rings. The lowest BCUT2D eigenvalue weighted by molar-refractivity contribution is -0.890. The van der Waals surface area contributed by atoms with Crippen molar-refractivity contribution in [3.8, 4) is 45.0 Å². The number of quaternary nitrogens is 2. The number of benzene rings is 4. The summed E-state index contributed by atoms with van der Waals surface area (Å²) in [5.74, 6) is 0. The number of aromatic amines is 2. The Balaban J connectivity index is 1.23. The van der Waals surface area contributed by atoms with Crippen LogP contribution in [0.1, 0.15) is 46.0 Å². The van der Waals surface area contributed by atoms with Crippen molar-refractivity contribution >= 4 is 73.7 Å². The second kappa shape index (κ2) is 21.9. The van der Waals surface area contributed by atoms with Crippen LogP contribution in [0.15, 0.2) is 118 Å². The van der Waals surface area contributed by atoms with Crippen molar-refractivity contribution in [3.63, 3.8) is 0 Å². The topological polar surface area (TPSA) is 199 Å². The van der Waals surface area contributed by atoms with Gasteiger partial charge in [0.05, 0.1) is 91.8 Å². The average molecular weight is 1090 g/mol. The predicted octanol–water partition coefficient (Wildman–Crippen LogP) is 8.83. The van der Waals surface area contributed by atoms with Crippen LogP contribution in [-0.2, 0) is 30.1 Å². The summed E-state index contributed by atoms with van der Waals surface area (Å²) in [7, 11) is 0.726. The average Bonchev–Trinajstić information content (AvgIpc) is 4.10. The van der Waals surface area contributed by atoms with Crippen LogP contribution in [0.4, 0.5) is 0 Å². The first-order valence-electron chi connectivity index (χ1n) is 26.2. The fourth-order valence-electron chi connectivity index (χ4n) is 10.6. The Hall–Kier alpha value is -5.87. The highest BCUT2D eigenvalue weighted by Crippen LogP contribution is 2.43. The van der Waals surface area contributed by atoms with Crippen LogP contribution in [0.5, 0.6) is 0 Å². The Morgan fingerprint density at radius 2 is 0.842 bits per heavy atom. The van der Waals surface area contributed by atoms with E-state index in [1.165, 1.54) is 0 Å². The molecule has 0 aliphatic carbocycles. The van der Waals surface area contributed by atoms with E-state index < -0.39 is 30.1 Å². The maximum Gasteiger partial charge on any atom is 0.240 e. The fraction of sp³-hybridized carbons (Fsp3) is 0.368. The zero-order valence-electron chi connectivity index (χ0n) is 44.9. The predicted molar refractivity (Wildman–Crippen MR) is 307 cm³/mol. The first-order chi connectivity index (χ1) is 36.1. The standard InChI is InChI=1S/C57H72N10O6S3/c1-9-28-66(5,6)30-14-25-59-75(70,71)40-19-22-45-48(33-40)55-36-51-43-17-12-11-16-42(43)50(61-51)35-52-44-21-18-39(74(68,69)58-24-13-27-65(3)4)32-47(44)56(62-52)37-54-46-23-20-41(34-49(46)57(64-54)38-53(45)63-55)76(72,73)60-26-15-31-67(7,8)29-10-2/h11-12,16-23,32-38,58-62H,9-10,13-15,24-31H2,1-8H3/q+2. The van der Waals surface area contributed by atoms with Gasteiger partial charge in [-0.2, -0.15) is 0 Å². The summed E-state index contributed by atoms with van der Waals surface area (Å²) in [6, 6.07) is 30.7. The van der Waals surface area contributed by atoms with Crippen LogP contribution < -0.4 is 14.2 Å². The highest BCUT2D eigenvalue weighted by Gasteiger charge is 2.27. The summed E-state index contributed by atoms with van der Waals surface area (Å²) in [4.78, 5) is 20.0. The molecule has 9 rings (SSSR count). The normalized spacial score (nSPS) is 13.2.